The van der Waals surface area contributed by atoms with E-state index in [1.165, 1.54) is 23.5 Å². The van der Waals surface area contributed by atoms with E-state index in [0.717, 1.165) is 5.56 Å². The Hall–Kier alpha value is -2.58. The molecule has 24 heavy (non-hydrogen) atoms. The average Bonchev–Trinajstić information content (AvgIpc) is 3.04. The lowest BCUT2D eigenvalue weighted by atomic mass is 10.2. The molecule has 1 aromatic heterocycles. The molecule has 1 amide bonds. The molecule has 0 saturated carbocycles. The van der Waals surface area contributed by atoms with Crippen LogP contribution in [-0.4, -0.2) is 30.3 Å². The highest BCUT2D eigenvalue weighted by Crippen LogP contribution is 2.25. The van der Waals surface area contributed by atoms with Crippen molar-refractivity contribution < 1.29 is 13.2 Å². The summed E-state index contributed by atoms with van der Waals surface area (Å²) in [6.07, 6.45) is 0. The molecule has 8 heteroatoms. The van der Waals surface area contributed by atoms with Crippen LogP contribution in [-0.2, 0) is 14.6 Å². The Morgan fingerprint density at radius 1 is 0.958 bits per heavy atom. The minimum absolute atomic E-state index is 0.113. The number of sulfone groups is 1. The van der Waals surface area contributed by atoms with Gasteiger partial charge < -0.3 is 0 Å². The second-order valence-corrected chi connectivity index (χ2v) is 7.87. The van der Waals surface area contributed by atoms with Gasteiger partial charge in [0.05, 0.1) is 4.90 Å². The zero-order valence-electron chi connectivity index (χ0n) is 12.4. The quantitative estimate of drug-likeness (QED) is 0.756. The summed E-state index contributed by atoms with van der Waals surface area (Å²) in [6, 6.07) is 17.3. The van der Waals surface area contributed by atoms with Crippen LogP contribution in [0.15, 0.2) is 65.6 Å². The highest BCUT2D eigenvalue weighted by molar-refractivity contribution is 7.92. The normalized spacial score (nSPS) is 11.2. The minimum Gasteiger partial charge on any atom is -0.300 e. The maximum Gasteiger partial charge on any atom is 0.241 e. The van der Waals surface area contributed by atoms with Crippen molar-refractivity contribution in [3.63, 3.8) is 0 Å². The fraction of sp³-hybridized carbons (Fsp3) is 0.0625. The number of aromatic nitrogens is 2. The first kappa shape index (κ1) is 16.3. The molecule has 6 nitrogen and oxygen atoms in total. The topological polar surface area (TPSA) is 89.0 Å². The predicted molar refractivity (Wildman–Crippen MR) is 92.5 cm³/mol. The summed E-state index contributed by atoms with van der Waals surface area (Å²) < 4.78 is 24.3. The van der Waals surface area contributed by atoms with Crippen molar-refractivity contribution >= 4 is 32.2 Å². The van der Waals surface area contributed by atoms with E-state index in [1.54, 1.807) is 18.2 Å². The van der Waals surface area contributed by atoms with Crippen LogP contribution in [0.4, 0.5) is 5.13 Å². The Morgan fingerprint density at radius 3 is 2.25 bits per heavy atom. The highest BCUT2D eigenvalue weighted by atomic mass is 32.2. The lowest BCUT2D eigenvalue weighted by Crippen LogP contribution is -2.22. The van der Waals surface area contributed by atoms with Gasteiger partial charge in [-0.1, -0.05) is 59.9 Å². The summed E-state index contributed by atoms with van der Waals surface area (Å²) in [5, 5.41) is 11.3. The summed E-state index contributed by atoms with van der Waals surface area (Å²) in [5.41, 5.74) is 0.882. The van der Waals surface area contributed by atoms with E-state index in [2.05, 4.69) is 15.5 Å². The third-order valence-electron chi connectivity index (χ3n) is 3.12. The number of benzene rings is 2. The minimum atomic E-state index is -3.68. The Morgan fingerprint density at radius 2 is 1.58 bits per heavy atom. The lowest BCUT2D eigenvalue weighted by molar-refractivity contribution is -0.113. The van der Waals surface area contributed by atoms with Gasteiger partial charge in [-0.05, 0) is 12.1 Å². The molecule has 0 aliphatic heterocycles. The summed E-state index contributed by atoms with van der Waals surface area (Å²) in [6.45, 7) is 0. The van der Waals surface area contributed by atoms with Crippen molar-refractivity contribution in [2.75, 3.05) is 11.1 Å². The Labute approximate surface area is 143 Å². The molecule has 0 aliphatic rings. The SMILES string of the molecule is O=C(CS(=O)(=O)c1ccccc1)Nc1nnc(-c2ccccc2)s1. The molecule has 0 unspecified atom stereocenters. The monoisotopic (exact) mass is 359 g/mol. The Balaban J connectivity index is 1.69. The van der Waals surface area contributed by atoms with Crippen molar-refractivity contribution in [3.8, 4) is 10.6 Å². The number of amides is 1. The zero-order valence-corrected chi connectivity index (χ0v) is 14.0. The van der Waals surface area contributed by atoms with Gasteiger partial charge in [-0.2, -0.15) is 0 Å². The van der Waals surface area contributed by atoms with E-state index >= 15 is 0 Å². The molecule has 0 radical (unpaired) electrons. The third-order valence-corrected chi connectivity index (χ3v) is 5.64. The molecule has 0 fully saturated rings. The van der Waals surface area contributed by atoms with E-state index in [9.17, 15) is 13.2 Å². The van der Waals surface area contributed by atoms with Gasteiger partial charge in [0.2, 0.25) is 11.0 Å². The van der Waals surface area contributed by atoms with Crippen LogP contribution in [0.25, 0.3) is 10.6 Å². The van der Waals surface area contributed by atoms with Crippen molar-refractivity contribution in [3.05, 3.63) is 60.7 Å². The molecule has 3 aromatic rings. The number of hydrogen-bond donors (Lipinski definition) is 1. The van der Waals surface area contributed by atoms with Gasteiger partial charge in [-0.25, -0.2) is 8.42 Å². The maximum absolute atomic E-state index is 12.2. The molecular formula is C16H13N3O3S2. The number of rotatable bonds is 5. The number of nitrogens with zero attached hydrogens (tertiary/aromatic N) is 2. The number of hydrogen-bond acceptors (Lipinski definition) is 6. The smallest absolute Gasteiger partial charge is 0.241 e. The molecule has 3 rings (SSSR count). The second kappa shape index (κ2) is 6.90. The number of carbonyl (C=O) groups is 1. The fourth-order valence-electron chi connectivity index (χ4n) is 2.01. The van der Waals surface area contributed by atoms with E-state index in [0.29, 0.717) is 5.01 Å². The average molecular weight is 359 g/mol. The summed E-state index contributed by atoms with van der Waals surface area (Å²) >= 11 is 1.19. The van der Waals surface area contributed by atoms with Gasteiger partial charge in [0.25, 0.3) is 0 Å². The molecule has 0 saturated heterocycles. The summed E-state index contributed by atoms with van der Waals surface area (Å²) in [4.78, 5) is 12.1. The summed E-state index contributed by atoms with van der Waals surface area (Å²) in [5.74, 6) is -1.29. The predicted octanol–water partition coefficient (Wildman–Crippen LogP) is 2.62. The standard InChI is InChI=1S/C16H13N3O3S2/c20-14(11-24(21,22)13-9-5-2-6-10-13)17-16-19-18-15(23-16)12-7-3-1-4-8-12/h1-10H,11H2,(H,17,19,20). The molecule has 0 atom stereocenters. The van der Waals surface area contributed by atoms with Crippen molar-refractivity contribution in [1.82, 2.24) is 10.2 Å². The first-order chi connectivity index (χ1) is 11.5. The molecule has 1 heterocycles. The van der Waals surface area contributed by atoms with E-state index < -0.39 is 21.5 Å². The van der Waals surface area contributed by atoms with E-state index in [-0.39, 0.29) is 10.0 Å². The fourth-order valence-corrected chi connectivity index (χ4v) is 3.93. The molecule has 0 bridgehead atoms. The van der Waals surface area contributed by atoms with Gasteiger partial charge in [-0.15, -0.1) is 10.2 Å². The Kier molecular flexibility index (Phi) is 4.68. The first-order valence-corrected chi connectivity index (χ1v) is 9.48. The van der Waals surface area contributed by atoms with Crippen LogP contribution in [0, 0.1) is 0 Å². The molecule has 0 spiro atoms. The van der Waals surface area contributed by atoms with Gasteiger partial charge in [0.15, 0.2) is 9.84 Å². The van der Waals surface area contributed by atoms with E-state index in [1.807, 2.05) is 30.3 Å². The van der Waals surface area contributed by atoms with Crippen LogP contribution >= 0.6 is 11.3 Å². The Bertz CT molecular complexity index is 939. The van der Waals surface area contributed by atoms with Crippen LogP contribution < -0.4 is 5.32 Å². The van der Waals surface area contributed by atoms with Crippen LogP contribution in [0.5, 0.6) is 0 Å². The van der Waals surface area contributed by atoms with Crippen LogP contribution in [0.3, 0.4) is 0 Å². The van der Waals surface area contributed by atoms with Gasteiger partial charge in [-0.3, -0.25) is 10.1 Å². The van der Waals surface area contributed by atoms with Crippen LogP contribution in [0.2, 0.25) is 0 Å². The molecule has 122 valence electrons. The number of carbonyl (C=O) groups excluding carboxylic acids is 1. The van der Waals surface area contributed by atoms with Gasteiger partial charge in [0.1, 0.15) is 10.8 Å². The third kappa shape index (κ3) is 3.84. The van der Waals surface area contributed by atoms with Crippen molar-refractivity contribution in [2.24, 2.45) is 0 Å². The lowest BCUT2D eigenvalue weighted by Gasteiger charge is -2.03. The van der Waals surface area contributed by atoms with E-state index in [4.69, 9.17) is 0 Å². The largest absolute Gasteiger partial charge is 0.300 e. The van der Waals surface area contributed by atoms with Gasteiger partial charge in [0, 0.05) is 5.56 Å². The second-order valence-electron chi connectivity index (χ2n) is 4.90. The molecule has 2 aromatic carbocycles. The first-order valence-electron chi connectivity index (χ1n) is 7.01. The zero-order chi connectivity index (χ0) is 17.0. The van der Waals surface area contributed by atoms with Gasteiger partial charge >= 0.3 is 0 Å². The highest BCUT2D eigenvalue weighted by Gasteiger charge is 2.20. The van der Waals surface area contributed by atoms with Crippen LogP contribution in [0.1, 0.15) is 0 Å². The summed E-state index contributed by atoms with van der Waals surface area (Å²) in [7, 11) is -3.68. The van der Waals surface area contributed by atoms with Crippen molar-refractivity contribution in [1.29, 1.82) is 0 Å². The molecule has 1 N–H and O–H groups in total. The molecule has 0 aliphatic carbocycles. The van der Waals surface area contributed by atoms with Crippen molar-refractivity contribution in [2.45, 2.75) is 4.90 Å². The number of anilines is 1. The molecular weight excluding hydrogens is 346 g/mol. The number of nitrogens with one attached hydrogen (secondary N) is 1. The maximum atomic E-state index is 12.2.